The van der Waals surface area contributed by atoms with Crippen LogP contribution in [0.2, 0.25) is 0 Å². The molecular formula is C17H21N3O3S. The van der Waals surface area contributed by atoms with Crippen LogP contribution in [0.4, 0.5) is 0 Å². The number of benzene rings is 1. The van der Waals surface area contributed by atoms with Gasteiger partial charge < -0.3 is 15.0 Å². The van der Waals surface area contributed by atoms with Gasteiger partial charge in [0.2, 0.25) is 5.91 Å². The fourth-order valence-corrected chi connectivity index (χ4v) is 3.55. The van der Waals surface area contributed by atoms with Gasteiger partial charge in [-0.3, -0.25) is 14.2 Å². The number of ether oxygens (including phenoxy) is 1. The summed E-state index contributed by atoms with van der Waals surface area (Å²) in [7, 11) is 1.67. The molecule has 7 heteroatoms. The minimum absolute atomic E-state index is 0.0605. The van der Waals surface area contributed by atoms with Crippen LogP contribution in [0, 0.1) is 4.77 Å². The summed E-state index contributed by atoms with van der Waals surface area (Å²) in [6, 6.07) is 7.28. The number of nitrogens with one attached hydrogen (secondary N) is 2. The molecule has 1 aromatic heterocycles. The molecule has 0 saturated heterocycles. The molecule has 3 rings (SSSR count). The maximum atomic E-state index is 12.5. The molecule has 2 N–H and O–H groups in total. The number of aromatic nitrogens is 2. The van der Waals surface area contributed by atoms with Gasteiger partial charge in [0.1, 0.15) is 0 Å². The van der Waals surface area contributed by atoms with Crippen LogP contribution in [0.5, 0.6) is 0 Å². The lowest BCUT2D eigenvalue weighted by Gasteiger charge is -2.19. The minimum atomic E-state index is -0.169. The summed E-state index contributed by atoms with van der Waals surface area (Å²) in [6.07, 6.45) is 3.25. The number of para-hydroxylation sites is 1. The summed E-state index contributed by atoms with van der Waals surface area (Å²) in [5.74, 6) is -0.0848. The third kappa shape index (κ3) is 3.42. The largest absolute Gasteiger partial charge is 0.379 e. The van der Waals surface area contributed by atoms with Crippen molar-refractivity contribution < 1.29 is 9.53 Å². The zero-order valence-electron chi connectivity index (χ0n) is 13.6. The van der Waals surface area contributed by atoms with Crippen molar-refractivity contribution in [2.75, 3.05) is 7.11 Å². The number of hydrogen-bond acceptors (Lipinski definition) is 4. The van der Waals surface area contributed by atoms with Crippen LogP contribution in [-0.4, -0.2) is 34.7 Å². The summed E-state index contributed by atoms with van der Waals surface area (Å²) in [5.41, 5.74) is 0.542. The number of fused-ring (bicyclic) bond motifs is 1. The van der Waals surface area contributed by atoms with Gasteiger partial charge in [0.25, 0.3) is 5.56 Å². The van der Waals surface area contributed by atoms with Crippen molar-refractivity contribution in [3.63, 3.8) is 0 Å². The first-order valence-electron chi connectivity index (χ1n) is 8.14. The van der Waals surface area contributed by atoms with Crippen LogP contribution in [-0.2, 0) is 16.1 Å². The van der Waals surface area contributed by atoms with Gasteiger partial charge in [-0.15, -0.1) is 0 Å². The Morgan fingerprint density at radius 2 is 2.21 bits per heavy atom. The highest BCUT2D eigenvalue weighted by Gasteiger charge is 2.28. The van der Waals surface area contributed by atoms with E-state index in [9.17, 15) is 9.59 Å². The highest BCUT2D eigenvalue weighted by molar-refractivity contribution is 7.71. The molecule has 0 radical (unpaired) electrons. The van der Waals surface area contributed by atoms with E-state index in [-0.39, 0.29) is 36.6 Å². The van der Waals surface area contributed by atoms with Crippen molar-refractivity contribution in [2.45, 2.75) is 44.4 Å². The van der Waals surface area contributed by atoms with Crippen LogP contribution in [0.3, 0.4) is 0 Å². The molecular weight excluding hydrogens is 326 g/mol. The lowest BCUT2D eigenvalue weighted by Crippen LogP contribution is -2.41. The van der Waals surface area contributed by atoms with Crippen molar-refractivity contribution in [3.05, 3.63) is 39.4 Å². The molecule has 1 aromatic carbocycles. The average molecular weight is 347 g/mol. The number of carbonyl (C=O) groups is 1. The number of H-pyrrole nitrogens is 1. The van der Waals surface area contributed by atoms with Crippen molar-refractivity contribution >= 4 is 29.0 Å². The lowest BCUT2D eigenvalue weighted by molar-refractivity contribution is -0.122. The van der Waals surface area contributed by atoms with Gasteiger partial charge in [-0.2, -0.15) is 0 Å². The van der Waals surface area contributed by atoms with Crippen molar-refractivity contribution in [3.8, 4) is 0 Å². The molecule has 1 saturated carbocycles. The molecule has 128 valence electrons. The fraction of sp³-hybridized carbons (Fsp3) is 0.471. The predicted molar refractivity (Wildman–Crippen MR) is 94.6 cm³/mol. The molecule has 24 heavy (non-hydrogen) atoms. The lowest BCUT2D eigenvalue weighted by atomic mass is 10.2. The Morgan fingerprint density at radius 3 is 3.00 bits per heavy atom. The molecule has 0 bridgehead atoms. The van der Waals surface area contributed by atoms with E-state index in [0.717, 1.165) is 19.3 Å². The molecule has 0 spiro atoms. The molecule has 1 heterocycles. The van der Waals surface area contributed by atoms with Crippen LogP contribution in [0.25, 0.3) is 10.9 Å². The Morgan fingerprint density at radius 1 is 1.42 bits per heavy atom. The quantitative estimate of drug-likeness (QED) is 0.813. The van der Waals surface area contributed by atoms with E-state index in [1.807, 2.05) is 18.2 Å². The van der Waals surface area contributed by atoms with Gasteiger partial charge >= 0.3 is 0 Å². The summed E-state index contributed by atoms with van der Waals surface area (Å²) >= 11 is 5.26. The summed E-state index contributed by atoms with van der Waals surface area (Å²) < 4.78 is 7.16. The second-order valence-electron chi connectivity index (χ2n) is 6.06. The normalized spacial score (nSPS) is 20.4. The van der Waals surface area contributed by atoms with Gasteiger partial charge in [0.05, 0.1) is 23.0 Å². The third-order valence-electron chi connectivity index (χ3n) is 4.55. The van der Waals surface area contributed by atoms with Crippen LogP contribution in [0.15, 0.2) is 29.1 Å². The molecule has 1 fully saturated rings. The maximum Gasteiger partial charge on any atom is 0.262 e. The average Bonchev–Trinajstić information content (AvgIpc) is 3.01. The van der Waals surface area contributed by atoms with E-state index < -0.39 is 0 Å². The van der Waals surface area contributed by atoms with E-state index in [2.05, 4.69) is 10.3 Å². The standard InChI is InChI=1S/C17H21N3O3S/c1-23-14-8-4-7-13(14)18-15(21)9-10-20-16(22)11-5-2-3-6-12(11)19-17(20)24/h2-3,5-6,13-14H,4,7-10H2,1H3,(H,18,21)(H,19,24)/t13-,14-/m1/s1. The zero-order valence-corrected chi connectivity index (χ0v) is 14.4. The predicted octanol–water partition coefficient (Wildman–Crippen LogP) is 2.13. The van der Waals surface area contributed by atoms with Crippen molar-refractivity contribution in [2.24, 2.45) is 0 Å². The van der Waals surface area contributed by atoms with Crippen LogP contribution in [0.1, 0.15) is 25.7 Å². The second-order valence-corrected chi connectivity index (χ2v) is 6.45. The fourth-order valence-electron chi connectivity index (χ4n) is 3.27. The Balaban J connectivity index is 1.70. The monoisotopic (exact) mass is 347 g/mol. The Hall–Kier alpha value is -1.99. The topological polar surface area (TPSA) is 76.1 Å². The number of carbonyl (C=O) groups excluding carboxylic acids is 1. The first kappa shape index (κ1) is 16.9. The Kier molecular flexibility index (Phi) is 5.11. The number of hydrogen-bond donors (Lipinski definition) is 2. The van der Waals surface area contributed by atoms with Gasteiger partial charge in [-0.25, -0.2) is 0 Å². The van der Waals surface area contributed by atoms with Gasteiger partial charge in [0.15, 0.2) is 4.77 Å². The SMILES string of the molecule is CO[C@@H]1CCC[C@H]1NC(=O)CCn1c(=S)[nH]c2ccccc2c1=O. The molecule has 2 aromatic rings. The summed E-state index contributed by atoms with van der Waals surface area (Å²) in [6.45, 7) is 0.259. The maximum absolute atomic E-state index is 12.5. The van der Waals surface area contributed by atoms with Crippen molar-refractivity contribution in [1.82, 2.24) is 14.9 Å². The molecule has 1 aliphatic carbocycles. The first-order valence-corrected chi connectivity index (χ1v) is 8.55. The van der Waals surface area contributed by atoms with Crippen LogP contribution >= 0.6 is 12.2 Å². The number of nitrogens with zero attached hydrogens (tertiary/aromatic N) is 1. The number of aromatic amines is 1. The number of methoxy groups -OCH3 is 1. The molecule has 1 amide bonds. The number of rotatable bonds is 5. The molecule has 0 unspecified atom stereocenters. The smallest absolute Gasteiger partial charge is 0.262 e. The van der Waals surface area contributed by atoms with Gasteiger partial charge in [-0.1, -0.05) is 12.1 Å². The minimum Gasteiger partial charge on any atom is -0.379 e. The van der Waals surface area contributed by atoms with E-state index >= 15 is 0 Å². The number of amides is 1. The molecule has 2 atom stereocenters. The highest BCUT2D eigenvalue weighted by atomic mass is 32.1. The third-order valence-corrected chi connectivity index (χ3v) is 4.88. The molecule has 6 nitrogen and oxygen atoms in total. The van der Waals surface area contributed by atoms with E-state index in [1.54, 1.807) is 13.2 Å². The van der Waals surface area contributed by atoms with Gasteiger partial charge in [-0.05, 0) is 43.6 Å². The highest BCUT2D eigenvalue weighted by Crippen LogP contribution is 2.21. The second kappa shape index (κ2) is 7.27. The van der Waals surface area contributed by atoms with Crippen LogP contribution < -0.4 is 10.9 Å². The summed E-state index contributed by atoms with van der Waals surface area (Å²) in [5, 5.41) is 3.57. The van der Waals surface area contributed by atoms with Crippen molar-refractivity contribution in [1.29, 1.82) is 0 Å². The van der Waals surface area contributed by atoms with E-state index in [1.165, 1.54) is 4.57 Å². The van der Waals surface area contributed by atoms with E-state index in [4.69, 9.17) is 17.0 Å². The zero-order chi connectivity index (χ0) is 17.1. The van der Waals surface area contributed by atoms with E-state index in [0.29, 0.717) is 15.7 Å². The van der Waals surface area contributed by atoms with Gasteiger partial charge in [0, 0.05) is 20.1 Å². The first-order chi connectivity index (χ1) is 11.6. The Bertz CT molecular complexity index is 858. The Labute approximate surface area is 144 Å². The molecule has 1 aliphatic rings. The molecule has 0 aliphatic heterocycles. The summed E-state index contributed by atoms with van der Waals surface area (Å²) in [4.78, 5) is 27.8.